The summed E-state index contributed by atoms with van der Waals surface area (Å²) in [4.78, 5) is 131. The van der Waals surface area contributed by atoms with Crippen LogP contribution >= 0.6 is 0 Å². The molecular weight excluding hydrogens is 973 g/mol. The first kappa shape index (κ1) is 57.2. The number of aliphatic imine (C=N–C) groups is 1. The number of amides is 9. The molecule has 0 spiro atoms. The number of hydrogen-bond donors (Lipinski definition) is 10. The summed E-state index contributed by atoms with van der Waals surface area (Å²) in [5.74, 6) is -6.42. The average Bonchev–Trinajstić information content (AvgIpc) is 3.89. The number of unbranched alkanes of at least 4 members (excludes halogenated alkanes) is 1. The molecule has 0 radical (unpaired) electrons. The maximum atomic E-state index is 14.9. The van der Waals surface area contributed by atoms with E-state index in [0.29, 0.717) is 43.2 Å². The summed E-state index contributed by atoms with van der Waals surface area (Å²) >= 11 is 0. The fourth-order valence-electron chi connectivity index (χ4n) is 9.62. The molecule has 2 fully saturated rings. The number of fused-ring (bicyclic) bond motifs is 3. The van der Waals surface area contributed by atoms with Crippen LogP contribution < -0.4 is 54.4 Å². The Morgan fingerprint density at radius 2 is 1.28 bits per heavy atom. The number of carbonyl (C=O) groups is 9. The third kappa shape index (κ3) is 16.7. The summed E-state index contributed by atoms with van der Waals surface area (Å²) in [5, 5.41) is 23.0. The van der Waals surface area contributed by atoms with Crippen molar-refractivity contribution in [3.63, 3.8) is 0 Å². The molecule has 406 valence electrons. The van der Waals surface area contributed by atoms with Gasteiger partial charge in [0.15, 0.2) is 5.96 Å². The summed E-state index contributed by atoms with van der Waals surface area (Å²) in [6, 6.07) is 17.7. The van der Waals surface area contributed by atoms with Crippen molar-refractivity contribution in [3.8, 4) is 0 Å². The van der Waals surface area contributed by atoms with Gasteiger partial charge in [-0.2, -0.15) is 0 Å². The largest absolute Gasteiger partial charge is 0.370 e. The van der Waals surface area contributed by atoms with Crippen molar-refractivity contribution in [2.75, 3.05) is 19.6 Å². The van der Waals surface area contributed by atoms with Crippen LogP contribution in [0.4, 0.5) is 0 Å². The van der Waals surface area contributed by atoms with Gasteiger partial charge in [-0.3, -0.25) is 48.1 Å². The normalized spacial score (nSPS) is 21.9. The molecule has 4 aromatic rings. The molecule has 9 amide bonds. The van der Waals surface area contributed by atoms with Crippen molar-refractivity contribution < 1.29 is 43.2 Å². The number of nitrogens with one attached hydrogen (secondary N) is 7. The van der Waals surface area contributed by atoms with Gasteiger partial charge in [0, 0.05) is 39.4 Å². The van der Waals surface area contributed by atoms with Crippen LogP contribution in [0.15, 0.2) is 89.9 Å². The standard InChI is InChI=1S/C55H72N12O9/c1-3-4-17-41(61-33(2)68)49(71)66-45-32-47(69)59-25-10-9-18-40(48(56)70)62-51(73)43(30-34-21-23-36-13-5-7-15-38(36)28-34)64-50(72)42(19-11-26-60-55(57)58)63-52(74)44(65-53(75)46-20-12-27-67(46)54(45)76)31-35-22-24-37-14-6-8-16-39(37)29-35/h5-8,13-16,21-24,28-29,40-46H,3-4,9-12,17-20,25-27,30-32H2,1-2H3,(H2,56,70)(H,59,69)(H,61,68)(H,62,73)(H,63,74)(H,64,72)(H,65,75)(H,66,71)(H4,57,58,60)/t40-,41-,42-,43+,44+,45-,46-/m0/s1. The smallest absolute Gasteiger partial charge is 0.246 e. The van der Waals surface area contributed by atoms with Gasteiger partial charge in [-0.25, -0.2) is 0 Å². The highest BCUT2D eigenvalue weighted by atomic mass is 16.2. The Morgan fingerprint density at radius 3 is 1.87 bits per heavy atom. The van der Waals surface area contributed by atoms with Gasteiger partial charge in [-0.15, -0.1) is 0 Å². The summed E-state index contributed by atoms with van der Waals surface area (Å²) in [7, 11) is 0. The van der Waals surface area contributed by atoms with E-state index in [9.17, 15) is 43.2 Å². The van der Waals surface area contributed by atoms with Crippen molar-refractivity contribution in [2.24, 2.45) is 22.2 Å². The number of benzene rings is 4. The van der Waals surface area contributed by atoms with Crippen LogP contribution in [-0.2, 0) is 56.0 Å². The maximum absolute atomic E-state index is 14.9. The molecular formula is C55H72N12O9. The van der Waals surface area contributed by atoms with E-state index in [1.165, 1.54) is 11.8 Å². The average molecular weight is 1050 g/mol. The minimum atomic E-state index is -1.47. The SMILES string of the molecule is CCCC[C@H](NC(C)=O)C(=O)N[C@H]1CC(=O)NCCCC[C@@H](C(N)=O)NC(=O)[C@@H](Cc2ccc3ccccc3c2)NC(=O)[C@H](CCCN=C(N)N)NC(=O)[C@@H](Cc2ccc3ccccc3c2)NC(=O)[C@@H]2CCCN2C1=O. The van der Waals surface area contributed by atoms with Crippen molar-refractivity contribution in [1.29, 1.82) is 0 Å². The lowest BCUT2D eigenvalue weighted by Crippen LogP contribution is -2.60. The van der Waals surface area contributed by atoms with Gasteiger partial charge in [0.1, 0.15) is 42.3 Å². The van der Waals surface area contributed by atoms with E-state index in [2.05, 4.69) is 42.2 Å². The second-order valence-corrected chi connectivity index (χ2v) is 19.6. The molecule has 6 rings (SSSR count). The van der Waals surface area contributed by atoms with E-state index in [-0.39, 0.29) is 70.5 Å². The molecule has 0 aliphatic carbocycles. The van der Waals surface area contributed by atoms with Gasteiger partial charge in [0.2, 0.25) is 53.2 Å². The Labute approximate surface area is 442 Å². The number of primary amides is 1. The van der Waals surface area contributed by atoms with E-state index in [0.717, 1.165) is 21.5 Å². The first-order chi connectivity index (χ1) is 36.5. The van der Waals surface area contributed by atoms with Gasteiger partial charge in [-0.1, -0.05) is 105 Å². The lowest BCUT2D eigenvalue weighted by atomic mass is 9.99. The Bertz CT molecular complexity index is 2780. The fourth-order valence-corrected chi connectivity index (χ4v) is 9.62. The molecule has 2 heterocycles. The predicted octanol–water partition coefficient (Wildman–Crippen LogP) is 1.12. The Hall–Kier alpha value is -8.10. The van der Waals surface area contributed by atoms with Gasteiger partial charge >= 0.3 is 0 Å². The molecule has 0 bridgehead atoms. The number of rotatable bonds is 15. The fraction of sp³-hybridized carbons (Fsp3) is 0.455. The zero-order valence-corrected chi connectivity index (χ0v) is 43.2. The third-order valence-electron chi connectivity index (χ3n) is 13.6. The maximum Gasteiger partial charge on any atom is 0.246 e. The molecule has 21 heteroatoms. The van der Waals surface area contributed by atoms with Crippen LogP contribution in [-0.4, -0.2) is 126 Å². The first-order valence-corrected chi connectivity index (χ1v) is 26.2. The predicted molar refractivity (Wildman–Crippen MR) is 287 cm³/mol. The summed E-state index contributed by atoms with van der Waals surface area (Å²) in [6.07, 6.45) is 2.34. The molecule has 76 heavy (non-hydrogen) atoms. The third-order valence-corrected chi connectivity index (χ3v) is 13.6. The second kappa shape index (κ2) is 28.0. The number of nitrogens with two attached hydrogens (primary N) is 3. The zero-order chi connectivity index (χ0) is 54.7. The van der Waals surface area contributed by atoms with Crippen LogP contribution in [0, 0.1) is 0 Å². The molecule has 21 nitrogen and oxygen atoms in total. The van der Waals surface area contributed by atoms with Gasteiger partial charge in [0.25, 0.3) is 0 Å². The topological polar surface area (TPSA) is 331 Å². The second-order valence-electron chi connectivity index (χ2n) is 19.6. The van der Waals surface area contributed by atoms with Crippen molar-refractivity contribution in [3.05, 3.63) is 96.1 Å². The van der Waals surface area contributed by atoms with Crippen LogP contribution in [0.2, 0.25) is 0 Å². The highest BCUT2D eigenvalue weighted by molar-refractivity contribution is 5.99. The van der Waals surface area contributed by atoms with E-state index >= 15 is 0 Å². The van der Waals surface area contributed by atoms with Crippen molar-refractivity contribution in [2.45, 2.75) is 140 Å². The highest BCUT2D eigenvalue weighted by Crippen LogP contribution is 2.22. The highest BCUT2D eigenvalue weighted by Gasteiger charge is 2.41. The van der Waals surface area contributed by atoms with Crippen molar-refractivity contribution in [1.82, 2.24) is 42.1 Å². The number of hydrogen-bond acceptors (Lipinski definition) is 10. The van der Waals surface area contributed by atoms with Gasteiger partial charge in [0.05, 0.1) is 6.42 Å². The Kier molecular flexibility index (Phi) is 21.1. The van der Waals surface area contributed by atoms with E-state index in [1.54, 1.807) is 0 Å². The molecule has 7 atom stereocenters. The first-order valence-electron chi connectivity index (χ1n) is 26.2. The van der Waals surface area contributed by atoms with Crippen LogP contribution in [0.1, 0.15) is 95.6 Å². The van der Waals surface area contributed by atoms with E-state index in [1.807, 2.05) is 91.9 Å². The Balaban J connectivity index is 1.38. The minimum Gasteiger partial charge on any atom is -0.370 e. The van der Waals surface area contributed by atoms with E-state index in [4.69, 9.17) is 17.2 Å². The molecule has 0 aromatic heterocycles. The molecule has 2 aliphatic rings. The van der Waals surface area contributed by atoms with Crippen LogP contribution in [0.5, 0.6) is 0 Å². The van der Waals surface area contributed by atoms with Crippen LogP contribution in [0.3, 0.4) is 0 Å². The molecule has 2 aliphatic heterocycles. The molecule has 0 unspecified atom stereocenters. The van der Waals surface area contributed by atoms with Crippen LogP contribution in [0.25, 0.3) is 21.5 Å². The monoisotopic (exact) mass is 1040 g/mol. The number of nitrogens with zero attached hydrogens (tertiary/aromatic N) is 2. The number of guanidine groups is 1. The lowest BCUT2D eigenvalue weighted by Gasteiger charge is -2.31. The molecule has 0 saturated carbocycles. The summed E-state index contributed by atoms with van der Waals surface area (Å²) < 4.78 is 0. The summed E-state index contributed by atoms with van der Waals surface area (Å²) in [5.41, 5.74) is 18.4. The molecule has 4 aromatic carbocycles. The van der Waals surface area contributed by atoms with Crippen molar-refractivity contribution >= 4 is 80.7 Å². The quantitative estimate of drug-likeness (QED) is 0.0457. The number of carbonyl (C=O) groups excluding carboxylic acids is 9. The van der Waals surface area contributed by atoms with Gasteiger partial charge in [-0.05, 0) is 84.0 Å². The molecule has 13 N–H and O–H groups in total. The van der Waals surface area contributed by atoms with Gasteiger partial charge < -0.3 is 59.3 Å². The summed E-state index contributed by atoms with van der Waals surface area (Å²) in [6.45, 7) is 3.44. The Morgan fingerprint density at radius 1 is 0.697 bits per heavy atom. The zero-order valence-electron chi connectivity index (χ0n) is 43.2. The lowest BCUT2D eigenvalue weighted by molar-refractivity contribution is -0.143. The molecule has 2 saturated heterocycles. The van der Waals surface area contributed by atoms with E-state index < -0.39 is 102 Å². The minimum absolute atomic E-state index is 0.0226.